The molecule has 0 aromatic heterocycles. The Kier molecular flexibility index (Phi) is 6.23. The second kappa shape index (κ2) is 7.22. The number of ether oxygens (including phenoxy) is 2. The summed E-state index contributed by atoms with van der Waals surface area (Å²) >= 11 is 0. The molecule has 2 N–H and O–H groups in total. The van der Waals surface area contributed by atoms with E-state index in [1.165, 1.54) is 7.11 Å². The van der Waals surface area contributed by atoms with Crippen molar-refractivity contribution in [3.8, 4) is 0 Å². The van der Waals surface area contributed by atoms with Crippen molar-refractivity contribution in [2.45, 2.75) is 44.7 Å². The van der Waals surface area contributed by atoms with Crippen molar-refractivity contribution in [3.63, 3.8) is 0 Å². The molecule has 0 amide bonds. The predicted molar refractivity (Wildman–Crippen MR) is 74.9 cm³/mol. The largest absolute Gasteiger partial charge is 0.468 e. The van der Waals surface area contributed by atoms with Crippen LogP contribution in [0.5, 0.6) is 0 Å². The van der Waals surface area contributed by atoms with Gasteiger partial charge in [-0.15, -0.1) is 0 Å². The molecule has 1 aliphatic rings. The first-order chi connectivity index (χ1) is 8.90. The molecule has 0 aromatic rings. The molecule has 1 heterocycles. The monoisotopic (exact) mass is 272 g/mol. The number of nitrogens with zero attached hydrogens (tertiary/aromatic N) is 1. The normalized spacial score (nSPS) is 22.8. The van der Waals surface area contributed by atoms with Crippen molar-refractivity contribution < 1.29 is 14.3 Å². The Morgan fingerprint density at radius 2 is 2.00 bits per heavy atom. The Balaban J connectivity index is 2.43. The van der Waals surface area contributed by atoms with Crippen molar-refractivity contribution in [2.75, 3.05) is 33.9 Å². The lowest BCUT2D eigenvalue weighted by Crippen LogP contribution is -2.52. The van der Waals surface area contributed by atoms with E-state index in [2.05, 4.69) is 11.8 Å². The van der Waals surface area contributed by atoms with Crippen LogP contribution in [0.4, 0.5) is 0 Å². The lowest BCUT2D eigenvalue weighted by molar-refractivity contribution is -0.147. The number of carbonyl (C=O) groups is 1. The van der Waals surface area contributed by atoms with E-state index in [0.717, 1.165) is 32.5 Å². The number of methoxy groups -OCH3 is 2. The molecule has 2 unspecified atom stereocenters. The molecule has 2 atom stereocenters. The van der Waals surface area contributed by atoms with E-state index >= 15 is 0 Å². The van der Waals surface area contributed by atoms with E-state index in [9.17, 15) is 4.79 Å². The fourth-order valence-electron chi connectivity index (χ4n) is 2.86. The molecular weight excluding hydrogens is 244 g/mol. The first-order valence-corrected chi connectivity index (χ1v) is 7.01. The highest BCUT2D eigenvalue weighted by atomic mass is 16.5. The Hall–Kier alpha value is -0.650. The maximum absolute atomic E-state index is 11.6. The number of carbonyl (C=O) groups excluding carboxylic acids is 1. The van der Waals surface area contributed by atoms with Gasteiger partial charge < -0.3 is 20.1 Å². The van der Waals surface area contributed by atoms with Crippen LogP contribution in [-0.4, -0.2) is 56.4 Å². The van der Waals surface area contributed by atoms with Crippen LogP contribution in [0.15, 0.2) is 0 Å². The summed E-state index contributed by atoms with van der Waals surface area (Å²) in [5.41, 5.74) is 5.13. The molecule has 1 saturated heterocycles. The van der Waals surface area contributed by atoms with E-state index in [1.54, 1.807) is 14.0 Å². The van der Waals surface area contributed by atoms with Crippen molar-refractivity contribution >= 4 is 5.97 Å². The summed E-state index contributed by atoms with van der Waals surface area (Å²) in [6.07, 6.45) is 2.92. The molecule has 0 bridgehead atoms. The van der Waals surface area contributed by atoms with Crippen LogP contribution < -0.4 is 5.73 Å². The average molecular weight is 272 g/mol. The fourth-order valence-corrected chi connectivity index (χ4v) is 2.86. The molecule has 19 heavy (non-hydrogen) atoms. The molecule has 112 valence electrons. The maximum Gasteiger partial charge on any atom is 0.325 e. The lowest BCUT2D eigenvalue weighted by atomic mass is 9.91. The summed E-state index contributed by atoms with van der Waals surface area (Å²) in [5.74, 6) is 0.326. The van der Waals surface area contributed by atoms with Gasteiger partial charge in [0.1, 0.15) is 5.54 Å². The maximum atomic E-state index is 11.6. The van der Waals surface area contributed by atoms with Crippen LogP contribution in [0.25, 0.3) is 0 Å². The summed E-state index contributed by atoms with van der Waals surface area (Å²) in [7, 11) is 3.14. The smallest absolute Gasteiger partial charge is 0.325 e. The van der Waals surface area contributed by atoms with Crippen LogP contribution in [-0.2, 0) is 14.3 Å². The number of nitrogens with two attached hydrogens (primary N) is 1. The standard InChI is InChI=1S/C14H28N2O3/c1-11(9-14(2,15)13(17)19-4)16-7-5-12(6-8-16)10-18-3/h11-12H,5-10,15H2,1-4H3. The summed E-state index contributed by atoms with van der Waals surface area (Å²) < 4.78 is 9.96. The van der Waals surface area contributed by atoms with E-state index in [0.29, 0.717) is 12.3 Å². The topological polar surface area (TPSA) is 64.8 Å². The van der Waals surface area contributed by atoms with Crippen LogP contribution in [0.1, 0.15) is 33.1 Å². The number of piperidine rings is 1. The van der Waals surface area contributed by atoms with Gasteiger partial charge in [0.15, 0.2) is 0 Å². The van der Waals surface area contributed by atoms with Gasteiger partial charge in [0, 0.05) is 19.8 Å². The second-order valence-corrected chi connectivity index (χ2v) is 5.90. The van der Waals surface area contributed by atoms with E-state index < -0.39 is 5.54 Å². The summed E-state index contributed by atoms with van der Waals surface area (Å²) in [4.78, 5) is 14.0. The second-order valence-electron chi connectivity index (χ2n) is 5.90. The zero-order valence-electron chi connectivity index (χ0n) is 12.6. The summed E-state index contributed by atoms with van der Waals surface area (Å²) in [6.45, 7) is 6.82. The SMILES string of the molecule is COCC1CCN(C(C)CC(C)(N)C(=O)OC)CC1. The molecule has 5 nitrogen and oxygen atoms in total. The Morgan fingerprint density at radius 1 is 1.42 bits per heavy atom. The minimum absolute atomic E-state index is 0.289. The molecule has 5 heteroatoms. The molecular formula is C14H28N2O3. The van der Waals surface area contributed by atoms with Crippen LogP contribution in [0, 0.1) is 5.92 Å². The average Bonchev–Trinajstić information content (AvgIpc) is 2.38. The number of likely N-dealkylation sites (tertiary alicyclic amines) is 1. The Morgan fingerprint density at radius 3 is 2.47 bits per heavy atom. The predicted octanol–water partition coefficient (Wildman–Crippen LogP) is 1.01. The van der Waals surface area contributed by atoms with Gasteiger partial charge in [-0.3, -0.25) is 4.79 Å². The van der Waals surface area contributed by atoms with E-state index in [1.807, 2.05) is 0 Å². The molecule has 1 rings (SSSR count). The molecule has 0 aliphatic carbocycles. The van der Waals surface area contributed by atoms with Crippen LogP contribution in [0.2, 0.25) is 0 Å². The van der Waals surface area contributed by atoms with Gasteiger partial charge in [-0.2, -0.15) is 0 Å². The third kappa shape index (κ3) is 4.75. The Labute approximate surface area is 116 Å². The van der Waals surface area contributed by atoms with Gasteiger partial charge in [0.25, 0.3) is 0 Å². The number of hydrogen-bond acceptors (Lipinski definition) is 5. The van der Waals surface area contributed by atoms with E-state index in [-0.39, 0.29) is 12.0 Å². The van der Waals surface area contributed by atoms with Crippen molar-refractivity contribution in [1.82, 2.24) is 4.90 Å². The minimum Gasteiger partial charge on any atom is -0.468 e. The van der Waals surface area contributed by atoms with Gasteiger partial charge in [-0.1, -0.05) is 0 Å². The summed E-state index contributed by atoms with van der Waals surface area (Å²) in [6, 6.07) is 0.289. The first kappa shape index (κ1) is 16.4. The molecule has 1 aliphatic heterocycles. The van der Waals surface area contributed by atoms with Crippen LogP contribution >= 0.6 is 0 Å². The highest BCUT2D eigenvalue weighted by Crippen LogP contribution is 2.22. The third-order valence-corrected chi connectivity index (χ3v) is 4.05. The number of rotatable bonds is 6. The molecule has 1 fully saturated rings. The lowest BCUT2D eigenvalue weighted by Gasteiger charge is -2.38. The number of esters is 1. The van der Waals surface area contributed by atoms with Gasteiger partial charge >= 0.3 is 5.97 Å². The molecule has 0 radical (unpaired) electrons. The van der Waals surface area contributed by atoms with Gasteiger partial charge in [-0.25, -0.2) is 0 Å². The quantitative estimate of drug-likeness (QED) is 0.731. The Bertz CT molecular complexity index is 286. The van der Waals surface area contributed by atoms with Crippen LogP contribution in [0.3, 0.4) is 0 Å². The molecule has 0 spiro atoms. The highest BCUT2D eigenvalue weighted by molar-refractivity contribution is 5.79. The van der Waals surface area contributed by atoms with Gasteiger partial charge in [0.05, 0.1) is 7.11 Å². The van der Waals surface area contributed by atoms with Crippen molar-refractivity contribution in [2.24, 2.45) is 11.7 Å². The van der Waals surface area contributed by atoms with Crippen molar-refractivity contribution in [1.29, 1.82) is 0 Å². The van der Waals surface area contributed by atoms with Gasteiger partial charge in [0.2, 0.25) is 0 Å². The first-order valence-electron chi connectivity index (χ1n) is 7.01. The number of hydrogen-bond donors (Lipinski definition) is 1. The molecule has 0 saturated carbocycles. The summed E-state index contributed by atoms with van der Waals surface area (Å²) in [5, 5.41) is 0. The van der Waals surface area contributed by atoms with E-state index in [4.69, 9.17) is 15.2 Å². The zero-order chi connectivity index (χ0) is 14.5. The van der Waals surface area contributed by atoms with Crippen molar-refractivity contribution in [3.05, 3.63) is 0 Å². The third-order valence-electron chi connectivity index (χ3n) is 4.05. The van der Waals surface area contributed by atoms with Gasteiger partial charge in [-0.05, 0) is 52.1 Å². The fraction of sp³-hybridized carbons (Fsp3) is 0.929. The zero-order valence-corrected chi connectivity index (χ0v) is 12.6. The molecule has 0 aromatic carbocycles. The minimum atomic E-state index is -0.905. The highest BCUT2D eigenvalue weighted by Gasteiger charge is 2.34.